The molecule has 0 aromatic heterocycles. The number of hydrogen-bond donors (Lipinski definition) is 0. The highest BCUT2D eigenvalue weighted by Crippen LogP contribution is 2.54. The van der Waals surface area contributed by atoms with E-state index < -0.39 is 5.41 Å². The zero-order chi connectivity index (χ0) is 29.4. The van der Waals surface area contributed by atoms with Crippen molar-refractivity contribution in [3.8, 4) is 12.1 Å². The summed E-state index contributed by atoms with van der Waals surface area (Å²) >= 11 is 0. The third kappa shape index (κ3) is 3.82. The summed E-state index contributed by atoms with van der Waals surface area (Å²) in [4.78, 5) is 9.31. The van der Waals surface area contributed by atoms with Crippen molar-refractivity contribution < 1.29 is 0 Å². The molecule has 0 saturated heterocycles. The van der Waals surface area contributed by atoms with E-state index in [1.54, 1.807) is 0 Å². The zero-order valence-electron chi connectivity index (χ0n) is 23.1. The first-order valence-corrected chi connectivity index (χ1v) is 13.4. The largest absolute Gasteiger partial charge is 0.313 e. The summed E-state index contributed by atoms with van der Waals surface area (Å²) in [6.45, 7) is 19.9. The Balaban J connectivity index is 1.68. The second kappa shape index (κ2) is 10.1. The maximum Gasteiger partial charge on any atom is 0.270 e. The first-order chi connectivity index (χ1) is 20.5. The van der Waals surface area contributed by atoms with Crippen LogP contribution in [0.15, 0.2) is 126 Å². The van der Waals surface area contributed by atoms with Gasteiger partial charge in [-0.1, -0.05) is 92.7 Å². The summed E-state index contributed by atoms with van der Waals surface area (Å²) in [5.74, 6) is 0. The van der Waals surface area contributed by atoms with Gasteiger partial charge in [0.25, 0.3) is 11.4 Å². The topological polar surface area (TPSA) is 59.5 Å². The number of para-hydroxylation sites is 1. The molecule has 1 heterocycles. The first kappa shape index (κ1) is 26.1. The number of nitrogens with zero attached hydrogens (tertiary/aromatic N) is 5. The van der Waals surface area contributed by atoms with Crippen molar-refractivity contribution in [1.29, 1.82) is 10.5 Å². The van der Waals surface area contributed by atoms with E-state index in [-0.39, 0.29) is 11.4 Å². The van der Waals surface area contributed by atoms with Crippen LogP contribution in [0.5, 0.6) is 0 Å². The van der Waals surface area contributed by atoms with Gasteiger partial charge in [0.05, 0.1) is 31.0 Å². The number of benzene rings is 4. The Labute approximate surface area is 245 Å². The lowest BCUT2D eigenvalue weighted by molar-refractivity contribution is 0.649. The highest BCUT2D eigenvalue weighted by Gasteiger charge is 2.42. The quantitative estimate of drug-likeness (QED) is 0.189. The highest BCUT2D eigenvalue weighted by molar-refractivity contribution is 6.11. The fourth-order valence-corrected chi connectivity index (χ4v) is 6.23. The van der Waals surface area contributed by atoms with Crippen molar-refractivity contribution >= 4 is 33.3 Å². The summed E-state index contributed by atoms with van der Waals surface area (Å²) < 4.78 is 0. The third-order valence-corrected chi connectivity index (χ3v) is 7.99. The van der Waals surface area contributed by atoms with Gasteiger partial charge in [-0.05, 0) is 57.3 Å². The third-order valence-electron chi connectivity index (χ3n) is 7.99. The van der Waals surface area contributed by atoms with Gasteiger partial charge in [-0.25, -0.2) is 20.2 Å². The van der Waals surface area contributed by atoms with Gasteiger partial charge in [0.1, 0.15) is 0 Å². The van der Waals surface area contributed by atoms with Crippen molar-refractivity contribution in [2.75, 3.05) is 4.90 Å². The molecule has 0 spiro atoms. The van der Waals surface area contributed by atoms with Crippen LogP contribution in [0.1, 0.15) is 30.5 Å². The Morgan fingerprint density at radius 2 is 1.31 bits per heavy atom. The van der Waals surface area contributed by atoms with Crippen LogP contribution in [-0.2, 0) is 5.41 Å². The molecule has 0 fully saturated rings. The van der Waals surface area contributed by atoms with Gasteiger partial charge < -0.3 is 4.90 Å². The monoisotopic (exact) mass is 537 g/mol. The fourth-order valence-electron chi connectivity index (χ4n) is 6.23. The summed E-state index contributed by atoms with van der Waals surface area (Å²) in [7, 11) is 0. The first-order valence-electron chi connectivity index (χ1n) is 13.4. The molecule has 1 aliphatic heterocycles. The molecule has 196 valence electrons. The maximum atomic E-state index is 9.93. The molecule has 0 radical (unpaired) electrons. The Kier molecular flexibility index (Phi) is 6.29. The van der Waals surface area contributed by atoms with Crippen LogP contribution in [0.2, 0.25) is 0 Å². The van der Waals surface area contributed by atoms with Gasteiger partial charge in [0, 0.05) is 27.9 Å². The second-order valence-electron chi connectivity index (χ2n) is 10.5. The molecule has 1 aliphatic carbocycles. The van der Waals surface area contributed by atoms with E-state index in [2.05, 4.69) is 70.9 Å². The SMILES string of the molecule is [C-]#[N+]/C(C#N)=C1C(=C/C=C2/N(c3ccccc3)c3ccc4ccccc4c3C2(C)C)/C(=C(/C#N)[N+]#[C-])c2ccccc2\1. The Bertz CT molecular complexity index is 1990. The molecule has 6 rings (SSSR count). The average molecular weight is 538 g/mol. The van der Waals surface area contributed by atoms with E-state index in [1.807, 2.05) is 72.8 Å². The lowest BCUT2D eigenvalue weighted by Crippen LogP contribution is -2.22. The van der Waals surface area contributed by atoms with Crippen molar-refractivity contribution in [3.05, 3.63) is 165 Å². The Morgan fingerprint density at radius 1 is 0.738 bits per heavy atom. The van der Waals surface area contributed by atoms with Crippen molar-refractivity contribution in [3.63, 3.8) is 0 Å². The molecular formula is C37H23N5. The summed E-state index contributed by atoms with van der Waals surface area (Å²) in [5.41, 5.74) is 6.42. The molecule has 0 amide bonds. The van der Waals surface area contributed by atoms with Crippen molar-refractivity contribution in [2.45, 2.75) is 19.3 Å². The minimum atomic E-state index is -0.433. The maximum absolute atomic E-state index is 9.93. The second-order valence-corrected chi connectivity index (χ2v) is 10.5. The lowest BCUT2D eigenvalue weighted by Gasteiger charge is -2.27. The van der Waals surface area contributed by atoms with E-state index in [0.29, 0.717) is 27.8 Å². The molecule has 0 saturated carbocycles. The molecule has 0 N–H and O–H groups in total. The van der Waals surface area contributed by atoms with Crippen LogP contribution in [0.4, 0.5) is 11.4 Å². The predicted molar refractivity (Wildman–Crippen MR) is 166 cm³/mol. The summed E-state index contributed by atoms with van der Waals surface area (Å²) in [6, 6.07) is 34.2. The fraction of sp³-hybridized carbons (Fsp3) is 0.0811. The minimum Gasteiger partial charge on any atom is -0.313 e. The van der Waals surface area contributed by atoms with E-state index in [9.17, 15) is 10.5 Å². The van der Waals surface area contributed by atoms with Gasteiger partial charge in [-0.3, -0.25) is 0 Å². The molecule has 0 atom stereocenters. The highest BCUT2D eigenvalue weighted by atomic mass is 15.2. The Hall–Kier alpha value is -6.14. The van der Waals surface area contributed by atoms with Crippen LogP contribution in [-0.4, -0.2) is 0 Å². The predicted octanol–water partition coefficient (Wildman–Crippen LogP) is 9.10. The standard InChI is InChI=1S/C37H23N5/c1-37(2)33(42(25-13-6-5-7-14-25)32-20-18-24-12-8-9-15-26(24)36(32)37)21-19-29-34(30(22-38)40-3)27-16-10-11-17-28(27)35(29)31(23-39)41-4/h5-21H,1-2H3/b33-21+,34-30-,35-31-. The zero-order valence-corrected chi connectivity index (χ0v) is 23.1. The smallest absolute Gasteiger partial charge is 0.270 e. The molecule has 42 heavy (non-hydrogen) atoms. The molecule has 5 heteroatoms. The normalized spacial score (nSPS) is 17.9. The summed E-state index contributed by atoms with van der Waals surface area (Å²) in [5, 5.41) is 22.2. The number of anilines is 2. The van der Waals surface area contributed by atoms with Gasteiger partial charge in [0.2, 0.25) is 0 Å². The number of rotatable bonds is 2. The van der Waals surface area contributed by atoms with Crippen molar-refractivity contribution in [1.82, 2.24) is 0 Å². The van der Waals surface area contributed by atoms with Crippen LogP contribution in [0.3, 0.4) is 0 Å². The molecule has 5 nitrogen and oxygen atoms in total. The van der Waals surface area contributed by atoms with Crippen molar-refractivity contribution in [2.24, 2.45) is 0 Å². The average Bonchev–Trinajstić information content (AvgIpc) is 3.46. The molecule has 2 aliphatic rings. The minimum absolute atomic E-state index is 0.0794. The van der Waals surface area contributed by atoms with Gasteiger partial charge in [-0.15, -0.1) is 0 Å². The molecule has 4 aromatic rings. The van der Waals surface area contributed by atoms with E-state index in [0.717, 1.165) is 22.5 Å². The number of allylic oxidation sites excluding steroid dienone is 8. The number of hydrogen-bond acceptors (Lipinski definition) is 3. The molecule has 0 unspecified atom stereocenters. The van der Waals surface area contributed by atoms with Crippen LogP contribution in [0.25, 0.3) is 31.6 Å². The Morgan fingerprint density at radius 3 is 1.90 bits per heavy atom. The lowest BCUT2D eigenvalue weighted by atomic mass is 9.81. The molecule has 4 aromatic carbocycles. The molecular weight excluding hydrogens is 514 g/mol. The van der Waals surface area contributed by atoms with Gasteiger partial charge in [-0.2, -0.15) is 0 Å². The van der Waals surface area contributed by atoms with E-state index >= 15 is 0 Å². The number of fused-ring (bicyclic) bond motifs is 4. The van der Waals surface area contributed by atoms with Crippen LogP contribution >= 0.6 is 0 Å². The molecule has 0 bridgehead atoms. The number of nitriles is 2. The van der Waals surface area contributed by atoms with Crippen LogP contribution < -0.4 is 4.90 Å². The summed E-state index contributed by atoms with van der Waals surface area (Å²) in [6.07, 6.45) is 3.89. The van der Waals surface area contributed by atoms with E-state index in [1.165, 1.54) is 10.9 Å². The van der Waals surface area contributed by atoms with Crippen LogP contribution in [0, 0.1) is 35.8 Å². The van der Waals surface area contributed by atoms with Gasteiger partial charge in [0.15, 0.2) is 0 Å². The van der Waals surface area contributed by atoms with Gasteiger partial charge >= 0.3 is 0 Å². The van der Waals surface area contributed by atoms with E-state index in [4.69, 9.17) is 13.1 Å².